The number of carbonyl (C=O) groups excluding carboxylic acids is 1. The van der Waals surface area contributed by atoms with Crippen LogP contribution in [-0.4, -0.2) is 39.1 Å². The van der Waals surface area contributed by atoms with E-state index in [1.165, 1.54) is 7.05 Å². The van der Waals surface area contributed by atoms with Gasteiger partial charge in [-0.3, -0.25) is 4.79 Å². The molecule has 17 heavy (non-hydrogen) atoms. The second kappa shape index (κ2) is 4.15. The van der Waals surface area contributed by atoms with Crippen molar-refractivity contribution in [3.05, 3.63) is 0 Å². The molecule has 0 spiro atoms. The van der Waals surface area contributed by atoms with Crippen molar-refractivity contribution in [3.8, 4) is 0 Å². The molecule has 100 valence electrons. The molecule has 0 saturated heterocycles. The standard InChI is InChI=1S/C9H14F3NO3S/c1-13-7(14)8(5-9(10,11)12)3-6(4-8)17(2,15)16/h6H,3-5H2,1-2H3,(H,13,14). The van der Waals surface area contributed by atoms with Crippen LogP contribution in [0.1, 0.15) is 19.3 Å². The first-order valence-electron chi connectivity index (χ1n) is 4.98. The Kier molecular flexibility index (Phi) is 3.48. The largest absolute Gasteiger partial charge is 0.390 e. The molecule has 1 rings (SSSR count). The van der Waals surface area contributed by atoms with Crippen LogP contribution in [-0.2, 0) is 14.6 Å². The summed E-state index contributed by atoms with van der Waals surface area (Å²) >= 11 is 0. The van der Waals surface area contributed by atoms with Crippen LogP contribution in [0.2, 0.25) is 0 Å². The molecule has 0 aromatic carbocycles. The fourth-order valence-electron chi connectivity index (χ4n) is 2.17. The maximum absolute atomic E-state index is 12.4. The predicted octanol–water partition coefficient (Wildman–Crippen LogP) is 0.878. The number of carbonyl (C=O) groups is 1. The number of alkyl halides is 3. The highest BCUT2D eigenvalue weighted by Gasteiger charge is 2.57. The third kappa shape index (κ3) is 3.11. The van der Waals surface area contributed by atoms with Gasteiger partial charge in [-0.15, -0.1) is 0 Å². The summed E-state index contributed by atoms with van der Waals surface area (Å²) in [6.45, 7) is 0. The number of hydrogen-bond acceptors (Lipinski definition) is 3. The van der Waals surface area contributed by atoms with E-state index < -0.39 is 39.0 Å². The lowest BCUT2D eigenvalue weighted by Crippen LogP contribution is -2.55. The third-order valence-electron chi connectivity index (χ3n) is 3.09. The normalized spacial score (nSPS) is 29.6. The maximum atomic E-state index is 12.4. The topological polar surface area (TPSA) is 63.2 Å². The summed E-state index contributed by atoms with van der Waals surface area (Å²) in [7, 11) is -2.14. The highest BCUT2D eigenvalue weighted by Crippen LogP contribution is 2.51. The van der Waals surface area contributed by atoms with Crippen LogP contribution in [0.4, 0.5) is 13.2 Å². The van der Waals surface area contributed by atoms with E-state index in [0.29, 0.717) is 0 Å². The van der Waals surface area contributed by atoms with Crippen molar-refractivity contribution < 1.29 is 26.4 Å². The molecule has 0 aliphatic heterocycles. The molecular formula is C9H14F3NO3S. The second-order valence-electron chi connectivity index (χ2n) is 4.51. The van der Waals surface area contributed by atoms with Crippen molar-refractivity contribution in [2.24, 2.45) is 5.41 Å². The highest BCUT2D eigenvalue weighted by atomic mass is 32.2. The molecule has 0 unspecified atom stereocenters. The first-order valence-corrected chi connectivity index (χ1v) is 6.93. The van der Waals surface area contributed by atoms with Gasteiger partial charge in [-0.25, -0.2) is 8.42 Å². The van der Waals surface area contributed by atoms with E-state index in [2.05, 4.69) is 5.32 Å². The van der Waals surface area contributed by atoms with Gasteiger partial charge in [0.05, 0.1) is 17.1 Å². The fourth-order valence-corrected chi connectivity index (χ4v) is 3.42. The van der Waals surface area contributed by atoms with E-state index in [1.807, 2.05) is 0 Å². The average Bonchev–Trinajstić information content (AvgIpc) is 2.05. The van der Waals surface area contributed by atoms with Crippen LogP contribution in [0.3, 0.4) is 0 Å². The van der Waals surface area contributed by atoms with Crippen molar-refractivity contribution in [2.45, 2.75) is 30.7 Å². The number of amides is 1. The molecular weight excluding hydrogens is 259 g/mol. The lowest BCUT2D eigenvalue weighted by atomic mass is 9.65. The lowest BCUT2D eigenvalue weighted by molar-refractivity contribution is -0.177. The van der Waals surface area contributed by atoms with Gasteiger partial charge in [-0.2, -0.15) is 13.2 Å². The first-order chi connectivity index (χ1) is 7.50. The van der Waals surface area contributed by atoms with Gasteiger partial charge in [-0.05, 0) is 12.8 Å². The zero-order valence-electron chi connectivity index (χ0n) is 9.47. The molecule has 1 aliphatic rings. The summed E-state index contributed by atoms with van der Waals surface area (Å²) < 4.78 is 59.4. The summed E-state index contributed by atoms with van der Waals surface area (Å²) in [5.41, 5.74) is -1.61. The van der Waals surface area contributed by atoms with Crippen molar-refractivity contribution in [3.63, 3.8) is 0 Å². The van der Waals surface area contributed by atoms with E-state index in [4.69, 9.17) is 0 Å². The van der Waals surface area contributed by atoms with Gasteiger partial charge in [0.1, 0.15) is 9.84 Å². The van der Waals surface area contributed by atoms with Crippen LogP contribution in [0.5, 0.6) is 0 Å². The molecule has 0 radical (unpaired) electrons. The average molecular weight is 273 g/mol. The summed E-state index contributed by atoms with van der Waals surface area (Å²) in [6.07, 6.45) is -5.30. The number of rotatable bonds is 3. The van der Waals surface area contributed by atoms with Crippen LogP contribution >= 0.6 is 0 Å². The van der Waals surface area contributed by atoms with Gasteiger partial charge in [0.2, 0.25) is 5.91 Å². The van der Waals surface area contributed by atoms with E-state index in [-0.39, 0.29) is 12.8 Å². The number of hydrogen-bond donors (Lipinski definition) is 1. The Bertz CT molecular complexity index is 410. The van der Waals surface area contributed by atoms with Crippen LogP contribution < -0.4 is 5.32 Å². The van der Waals surface area contributed by atoms with Crippen molar-refractivity contribution in [1.82, 2.24) is 5.32 Å². The Labute approximate surface area is 97.5 Å². The number of halogens is 3. The zero-order chi connectivity index (χ0) is 13.5. The minimum absolute atomic E-state index is 0.259. The minimum atomic E-state index is -4.48. The van der Waals surface area contributed by atoms with Crippen molar-refractivity contribution in [1.29, 1.82) is 0 Å². The smallest absolute Gasteiger partial charge is 0.359 e. The first kappa shape index (κ1) is 14.3. The Morgan fingerprint density at radius 2 is 1.88 bits per heavy atom. The van der Waals surface area contributed by atoms with E-state index in [9.17, 15) is 26.4 Å². The molecule has 1 amide bonds. The van der Waals surface area contributed by atoms with Gasteiger partial charge < -0.3 is 5.32 Å². The lowest BCUT2D eigenvalue weighted by Gasteiger charge is -2.45. The SMILES string of the molecule is CNC(=O)C1(CC(F)(F)F)CC(S(C)(=O)=O)C1. The second-order valence-corrected chi connectivity index (χ2v) is 6.84. The summed E-state index contributed by atoms with van der Waals surface area (Å²) in [5.74, 6) is -0.741. The number of sulfone groups is 1. The van der Waals surface area contributed by atoms with E-state index >= 15 is 0 Å². The van der Waals surface area contributed by atoms with Crippen LogP contribution in [0.15, 0.2) is 0 Å². The predicted molar refractivity (Wildman–Crippen MR) is 55.0 cm³/mol. The summed E-state index contributed by atoms with van der Waals surface area (Å²) in [6, 6.07) is 0. The van der Waals surface area contributed by atoms with Gasteiger partial charge in [0, 0.05) is 13.3 Å². The molecule has 4 nitrogen and oxygen atoms in total. The highest BCUT2D eigenvalue weighted by molar-refractivity contribution is 7.91. The molecule has 0 bridgehead atoms. The van der Waals surface area contributed by atoms with E-state index in [0.717, 1.165) is 6.26 Å². The summed E-state index contributed by atoms with van der Waals surface area (Å²) in [4.78, 5) is 11.5. The molecule has 1 saturated carbocycles. The van der Waals surface area contributed by atoms with Gasteiger partial charge in [0.15, 0.2) is 0 Å². The van der Waals surface area contributed by atoms with E-state index in [1.54, 1.807) is 0 Å². The summed E-state index contributed by atoms with van der Waals surface area (Å²) in [5, 5.41) is 1.32. The molecule has 1 fully saturated rings. The molecule has 0 aromatic heterocycles. The van der Waals surface area contributed by atoms with Gasteiger partial charge in [-0.1, -0.05) is 0 Å². The molecule has 0 atom stereocenters. The third-order valence-corrected chi connectivity index (χ3v) is 4.63. The molecule has 0 aromatic rings. The Morgan fingerprint density at radius 1 is 1.41 bits per heavy atom. The quantitative estimate of drug-likeness (QED) is 0.830. The van der Waals surface area contributed by atoms with Crippen LogP contribution in [0, 0.1) is 5.41 Å². The van der Waals surface area contributed by atoms with Gasteiger partial charge >= 0.3 is 6.18 Å². The fraction of sp³-hybridized carbons (Fsp3) is 0.889. The zero-order valence-corrected chi connectivity index (χ0v) is 10.3. The van der Waals surface area contributed by atoms with Gasteiger partial charge in [0.25, 0.3) is 0 Å². The van der Waals surface area contributed by atoms with Crippen LogP contribution in [0.25, 0.3) is 0 Å². The monoisotopic (exact) mass is 273 g/mol. The van der Waals surface area contributed by atoms with Crippen molar-refractivity contribution >= 4 is 15.7 Å². The minimum Gasteiger partial charge on any atom is -0.359 e. The Hall–Kier alpha value is -0.790. The molecule has 8 heteroatoms. The molecule has 1 N–H and O–H groups in total. The maximum Gasteiger partial charge on any atom is 0.390 e. The molecule has 0 heterocycles. The number of nitrogens with one attached hydrogen (secondary N) is 1. The van der Waals surface area contributed by atoms with Crippen molar-refractivity contribution in [2.75, 3.05) is 13.3 Å². The Balaban J connectivity index is 2.85. The Morgan fingerprint density at radius 3 is 2.18 bits per heavy atom. The molecule has 1 aliphatic carbocycles.